The van der Waals surface area contributed by atoms with Crippen LogP contribution < -0.4 is 0 Å². The third kappa shape index (κ3) is 4.32. The van der Waals surface area contributed by atoms with Crippen molar-refractivity contribution >= 4 is 11.9 Å². The molecular weight excluding hydrogens is 264 g/mol. The summed E-state index contributed by atoms with van der Waals surface area (Å²) in [6, 6.07) is 4.13. The maximum atomic E-state index is 11.2. The fraction of sp³-hybridized carbons (Fsp3) is 0.429. The lowest BCUT2D eigenvalue weighted by atomic mass is 9.96. The number of carbonyl (C=O) groups is 2. The van der Waals surface area contributed by atoms with Crippen molar-refractivity contribution in [2.45, 2.75) is 32.5 Å². The van der Waals surface area contributed by atoms with E-state index < -0.39 is 24.1 Å². The van der Waals surface area contributed by atoms with E-state index in [4.69, 9.17) is 20.1 Å². The number of hydrogen-bond acceptors (Lipinski definition) is 4. The zero-order valence-corrected chi connectivity index (χ0v) is 11.4. The normalized spacial score (nSPS) is 13.8. The summed E-state index contributed by atoms with van der Waals surface area (Å²) in [5.74, 6) is -2.35. The Morgan fingerprint density at radius 3 is 2.05 bits per heavy atom. The summed E-state index contributed by atoms with van der Waals surface area (Å²) in [5.41, 5.74) is 0.139. The SMILES string of the molecule is CC(O)COC(C)Cc1c(C(=O)O)cccc1C(=O)O. The topological polar surface area (TPSA) is 104 Å². The van der Waals surface area contributed by atoms with Crippen LogP contribution in [0.25, 0.3) is 0 Å². The zero-order chi connectivity index (χ0) is 15.3. The minimum absolute atomic E-state index is 0.0441. The average Bonchev–Trinajstić information content (AvgIpc) is 2.36. The van der Waals surface area contributed by atoms with Gasteiger partial charge in [0.25, 0.3) is 0 Å². The standard InChI is InChI=1S/C14H18O6/c1-8(15)7-20-9(2)6-12-10(13(16)17)4-3-5-11(12)14(18)19/h3-5,8-9,15H,6-7H2,1-2H3,(H,16,17)(H,18,19). The number of aliphatic hydroxyl groups is 1. The molecule has 2 unspecified atom stereocenters. The van der Waals surface area contributed by atoms with Crippen LogP contribution in [0.4, 0.5) is 0 Å². The van der Waals surface area contributed by atoms with Gasteiger partial charge in [0.2, 0.25) is 0 Å². The van der Waals surface area contributed by atoms with Crippen LogP contribution in [0.5, 0.6) is 0 Å². The number of rotatable bonds is 7. The van der Waals surface area contributed by atoms with Crippen LogP contribution >= 0.6 is 0 Å². The molecule has 1 aromatic rings. The molecule has 0 fully saturated rings. The van der Waals surface area contributed by atoms with Crippen molar-refractivity contribution in [1.29, 1.82) is 0 Å². The highest BCUT2D eigenvalue weighted by molar-refractivity contribution is 5.96. The number of ether oxygens (including phenoxy) is 1. The van der Waals surface area contributed by atoms with Gasteiger partial charge in [-0.2, -0.15) is 0 Å². The Morgan fingerprint density at radius 1 is 1.15 bits per heavy atom. The molecule has 2 atom stereocenters. The first-order valence-electron chi connectivity index (χ1n) is 6.21. The molecule has 0 heterocycles. The Hall–Kier alpha value is -1.92. The van der Waals surface area contributed by atoms with E-state index >= 15 is 0 Å². The van der Waals surface area contributed by atoms with Crippen LogP contribution in [0.3, 0.4) is 0 Å². The molecule has 20 heavy (non-hydrogen) atoms. The molecule has 0 aromatic heterocycles. The molecule has 0 saturated carbocycles. The first-order chi connectivity index (χ1) is 9.32. The number of carboxylic acids is 2. The smallest absolute Gasteiger partial charge is 0.335 e. The van der Waals surface area contributed by atoms with Crippen LogP contribution in [0.2, 0.25) is 0 Å². The fourth-order valence-electron chi connectivity index (χ4n) is 1.86. The lowest BCUT2D eigenvalue weighted by Crippen LogP contribution is -2.21. The predicted molar refractivity (Wildman–Crippen MR) is 71.2 cm³/mol. The highest BCUT2D eigenvalue weighted by Crippen LogP contribution is 2.18. The molecule has 6 nitrogen and oxygen atoms in total. The summed E-state index contributed by atoms with van der Waals surface area (Å²) in [5, 5.41) is 27.4. The molecule has 1 aromatic carbocycles. The van der Waals surface area contributed by atoms with Crippen LogP contribution in [-0.2, 0) is 11.2 Å². The van der Waals surface area contributed by atoms with E-state index in [1.807, 2.05) is 0 Å². The number of carboxylic acid groups (broad SMARTS) is 2. The van der Waals surface area contributed by atoms with Gasteiger partial charge in [0.05, 0.1) is 29.9 Å². The molecule has 0 amide bonds. The Balaban J connectivity index is 3.01. The van der Waals surface area contributed by atoms with Gasteiger partial charge >= 0.3 is 11.9 Å². The molecule has 0 bridgehead atoms. The van der Waals surface area contributed by atoms with Crippen molar-refractivity contribution in [3.63, 3.8) is 0 Å². The number of hydrogen-bond donors (Lipinski definition) is 3. The van der Waals surface area contributed by atoms with E-state index in [-0.39, 0.29) is 29.7 Å². The number of benzene rings is 1. The summed E-state index contributed by atoms with van der Waals surface area (Å²) < 4.78 is 5.34. The second-order valence-corrected chi connectivity index (χ2v) is 4.64. The second-order valence-electron chi connectivity index (χ2n) is 4.64. The van der Waals surface area contributed by atoms with Gasteiger partial charge < -0.3 is 20.1 Å². The maximum absolute atomic E-state index is 11.2. The largest absolute Gasteiger partial charge is 0.478 e. The van der Waals surface area contributed by atoms with Crippen molar-refractivity contribution in [2.75, 3.05) is 6.61 Å². The first-order valence-corrected chi connectivity index (χ1v) is 6.21. The van der Waals surface area contributed by atoms with E-state index in [9.17, 15) is 9.59 Å². The molecule has 110 valence electrons. The minimum Gasteiger partial charge on any atom is -0.478 e. The lowest BCUT2D eigenvalue weighted by molar-refractivity contribution is 0.00560. The van der Waals surface area contributed by atoms with Crippen molar-refractivity contribution in [1.82, 2.24) is 0 Å². The highest BCUT2D eigenvalue weighted by Gasteiger charge is 2.20. The lowest BCUT2D eigenvalue weighted by Gasteiger charge is -2.17. The molecule has 0 saturated heterocycles. The summed E-state index contributed by atoms with van der Waals surface area (Å²) in [6.45, 7) is 3.38. The summed E-state index contributed by atoms with van der Waals surface area (Å²) in [6.07, 6.45) is -0.883. The van der Waals surface area contributed by atoms with Gasteiger partial charge in [-0.25, -0.2) is 9.59 Å². The van der Waals surface area contributed by atoms with Crippen molar-refractivity contribution in [3.05, 3.63) is 34.9 Å². The van der Waals surface area contributed by atoms with E-state index in [0.29, 0.717) is 0 Å². The Bertz CT molecular complexity index is 462. The third-order valence-corrected chi connectivity index (χ3v) is 2.75. The van der Waals surface area contributed by atoms with Gasteiger partial charge in [-0.1, -0.05) is 6.07 Å². The minimum atomic E-state index is -1.18. The molecule has 0 radical (unpaired) electrons. The third-order valence-electron chi connectivity index (χ3n) is 2.75. The summed E-state index contributed by atoms with van der Waals surface area (Å²) in [7, 11) is 0. The molecule has 0 aliphatic rings. The average molecular weight is 282 g/mol. The molecule has 6 heteroatoms. The van der Waals surface area contributed by atoms with Gasteiger partial charge in [-0.3, -0.25) is 0 Å². The van der Waals surface area contributed by atoms with E-state index in [1.54, 1.807) is 13.8 Å². The maximum Gasteiger partial charge on any atom is 0.335 e. The zero-order valence-electron chi connectivity index (χ0n) is 11.4. The molecule has 3 N–H and O–H groups in total. The second kappa shape index (κ2) is 7.02. The van der Waals surface area contributed by atoms with Gasteiger partial charge in [0, 0.05) is 6.42 Å². The quantitative estimate of drug-likeness (QED) is 0.698. The monoisotopic (exact) mass is 282 g/mol. The van der Waals surface area contributed by atoms with Gasteiger partial charge in [-0.05, 0) is 31.5 Å². The molecule has 0 aliphatic heterocycles. The van der Waals surface area contributed by atoms with Crippen LogP contribution in [0, 0.1) is 0 Å². The van der Waals surface area contributed by atoms with Crippen LogP contribution in [0.1, 0.15) is 40.1 Å². The molecular formula is C14H18O6. The Labute approximate surface area is 116 Å². The Morgan fingerprint density at radius 2 is 1.65 bits per heavy atom. The van der Waals surface area contributed by atoms with Crippen LogP contribution in [-0.4, -0.2) is 46.1 Å². The van der Waals surface area contributed by atoms with Crippen molar-refractivity contribution in [3.8, 4) is 0 Å². The number of aromatic carboxylic acids is 2. The van der Waals surface area contributed by atoms with Gasteiger partial charge in [0.15, 0.2) is 0 Å². The van der Waals surface area contributed by atoms with Crippen molar-refractivity contribution in [2.24, 2.45) is 0 Å². The summed E-state index contributed by atoms with van der Waals surface area (Å²) in [4.78, 5) is 22.3. The number of aliphatic hydroxyl groups excluding tert-OH is 1. The van der Waals surface area contributed by atoms with Crippen molar-refractivity contribution < 1.29 is 29.6 Å². The first kappa shape index (κ1) is 16.1. The highest BCUT2D eigenvalue weighted by atomic mass is 16.5. The van der Waals surface area contributed by atoms with Crippen LogP contribution in [0.15, 0.2) is 18.2 Å². The molecule has 1 rings (SSSR count). The molecule has 0 aliphatic carbocycles. The van der Waals surface area contributed by atoms with E-state index in [1.165, 1.54) is 18.2 Å². The van der Waals surface area contributed by atoms with Gasteiger partial charge in [-0.15, -0.1) is 0 Å². The Kier molecular flexibility index (Phi) is 5.66. The van der Waals surface area contributed by atoms with E-state index in [0.717, 1.165) is 0 Å². The van der Waals surface area contributed by atoms with E-state index in [2.05, 4.69) is 0 Å². The predicted octanol–water partition coefficient (Wildman–Crippen LogP) is 1.41. The van der Waals surface area contributed by atoms with Gasteiger partial charge in [0.1, 0.15) is 0 Å². The fourth-order valence-corrected chi connectivity index (χ4v) is 1.86. The molecule has 0 spiro atoms. The summed E-state index contributed by atoms with van der Waals surface area (Å²) >= 11 is 0.